The predicted molar refractivity (Wildman–Crippen MR) is 44.8 cm³/mol. The highest BCUT2D eigenvalue weighted by molar-refractivity contribution is 5.29. The van der Waals surface area contributed by atoms with Crippen LogP contribution in [0.5, 0.6) is 0 Å². The van der Waals surface area contributed by atoms with Gasteiger partial charge in [0.05, 0.1) is 14.2 Å². The molecule has 4 heteroatoms. The average molecular weight is 170 g/mol. The van der Waals surface area contributed by atoms with Gasteiger partial charge in [0.15, 0.2) is 0 Å². The molecule has 0 saturated carbocycles. The Bertz CT molecular complexity index is 233. The lowest BCUT2D eigenvalue weighted by Crippen LogP contribution is -3.05. The van der Waals surface area contributed by atoms with Crippen LogP contribution in [0, 0.1) is 0 Å². The molecule has 0 fully saturated rings. The maximum absolute atomic E-state index is 5.08. The Morgan fingerprint density at radius 2 is 2.00 bits per heavy atom. The summed E-state index contributed by atoms with van der Waals surface area (Å²) >= 11 is 0. The average Bonchev–Trinajstić information content (AvgIpc) is 2.09. The minimum atomic E-state index is 0.542. The second-order valence-corrected chi connectivity index (χ2v) is 2.60. The number of nitrogens with zero attached hydrogens (tertiary/aromatic N) is 1. The summed E-state index contributed by atoms with van der Waals surface area (Å²) in [6.07, 6.45) is 1.92. The molecular formula is C8H14N2O2. The number of allylic oxidation sites excluding steroid dienone is 3. The molecule has 0 spiro atoms. The van der Waals surface area contributed by atoms with Crippen molar-refractivity contribution in [3.8, 4) is 0 Å². The largest absolute Gasteiger partial charge is 0.453 e. The SMILES string of the molecule is COC1=CC(C)=C(C)[N-][NH+]1OC. The molecule has 1 atom stereocenters. The Kier molecular flexibility index (Phi) is 2.73. The number of nitrogens with one attached hydrogen (secondary N) is 1. The first-order valence-corrected chi connectivity index (χ1v) is 3.75. The van der Waals surface area contributed by atoms with Gasteiger partial charge in [0.1, 0.15) is 0 Å². The molecule has 1 unspecified atom stereocenters. The molecule has 1 aliphatic heterocycles. The fraction of sp³-hybridized carbons (Fsp3) is 0.500. The number of hydroxylamine groups is 1. The zero-order valence-electron chi connectivity index (χ0n) is 7.84. The number of ether oxygens (including phenoxy) is 1. The summed E-state index contributed by atoms with van der Waals surface area (Å²) in [6.45, 7) is 3.93. The maximum Gasteiger partial charge on any atom is 0.317 e. The molecule has 12 heavy (non-hydrogen) atoms. The van der Waals surface area contributed by atoms with Crippen molar-refractivity contribution in [1.82, 2.24) is 0 Å². The number of methoxy groups -OCH3 is 1. The Morgan fingerprint density at radius 1 is 1.33 bits per heavy atom. The van der Waals surface area contributed by atoms with Crippen molar-refractivity contribution >= 4 is 0 Å². The standard InChI is InChI=1S/C8H14N2O2/c1-6-5-8(11-3)10(12-4)9-7(6)2/h5,10H,1-4H3. The molecule has 1 aliphatic rings. The Hall–Kier alpha value is -1.00. The maximum atomic E-state index is 5.08. The molecule has 1 N–H and O–H groups in total. The Morgan fingerprint density at radius 3 is 2.50 bits per heavy atom. The van der Waals surface area contributed by atoms with Crippen LogP contribution in [0.4, 0.5) is 0 Å². The van der Waals surface area contributed by atoms with Gasteiger partial charge in [0, 0.05) is 6.08 Å². The van der Waals surface area contributed by atoms with E-state index in [9.17, 15) is 0 Å². The lowest BCUT2D eigenvalue weighted by Gasteiger charge is -2.32. The van der Waals surface area contributed by atoms with Gasteiger partial charge in [-0.2, -0.15) is 5.17 Å². The van der Waals surface area contributed by atoms with E-state index in [4.69, 9.17) is 9.57 Å². The summed E-state index contributed by atoms with van der Waals surface area (Å²) in [5.74, 6) is 0.681. The number of rotatable bonds is 2. The first-order chi connectivity index (χ1) is 5.69. The Labute approximate surface area is 72.4 Å². The molecule has 4 nitrogen and oxygen atoms in total. The van der Waals surface area contributed by atoms with Crippen LogP contribution in [-0.2, 0) is 9.57 Å². The molecule has 68 valence electrons. The van der Waals surface area contributed by atoms with E-state index < -0.39 is 0 Å². The van der Waals surface area contributed by atoms with E-state index in [1.165, 1.54) is 0 Å². The van der Waals surface area contributed by atoms with Crippen LogP contribution >= 0.6 is 0 Å². The summed E-state index contributed by atoms with van der Waals surface area (Å²) in [7, 11) is 3.19. The summed E-state index contributed by atoms with van der Waals surface area (Å²) in [6, 6.07) is 0. The van der Waals surface area contributed by atoms with Gasteiger partial charge in [-0.3, -0.25) is 0 Å². The van der Waals surface area contributed by atoms with Crippen molar-refractivity contribution in [2.45, 2.75) is 13.8 Å². The topological polar surface area (TPSA) is 37.0 Å². The van der Waals surface area contributed by atoms with Crippen molar-refractivity contribution in [2.24, 2.45) is 0 Å². The zero-order valence-corrected chi connectivity index (χ0v) is 7.84. The van der Waals surface area contributed by atoms with Crippen LogP contribution in [0.1, 0.15) is 13.8 Å². The first-order valence-electron chi connectivity index (χ1n) is 3.75. The van der Waals surface area contributed by atoms with Crippen molar-refractivity contribution in [2.75, 3.05) is 14.2 Å². The third-order valence-corrected chi connectivity index (χ3v) is 1.81. The normalized spacial score (nSPS) is 23.3. The van der Waals surface area contributed by atoms with E-state index in [0.29, 0.717) is 11.1 Å². The summed E-state index contributed by atoms with van der Waals surface area (Å²) < 4.78 is 5.08. The first kappa shape index (κ1) is 9.09. The molecule has 1 rings (SSSR count). The van der Waals surface area contributed by atoms with Crippen molar-refractivity contribution in [3.05, 3.63) is 28.7 Å². The van der Waals surface area contributed by atoms with Crippen molar-refractivity contribution in [3.63, 3.8) is 0 Å². The molecule has 0 aliphatic carbocycles. The number of hydrogen-bond acceptors (Lipinski definition) is 2. The predicted octanol–water partition coefficient (Wildman–Crippen LogP) is 0.517. The molecule has 1 heterocycles. The fourth-order valence-corrected chi connectivity index (χ4v) is 0.951. The summed E-state index contributed by atoms with van der Waals surface area (Å²) in [5, 5.41) is 0.542. The molecule has 0 bridgehead atoms. The van der Waals surface area contributed by atoms with Gasteiger partial charge >= 0.3 is 5.88 Å². The van der Waals surface area contributed by atoms with Gasteiger partial charge in [-0.05, 0) is 6.92 Å². The summed E-state index contributed by atoms with van der Waals surface area (Å²) in [5.41, 5.74) is 6.28. The molecule has 0 aromatic heterocycles. The van der Waals surface area contributed by atoms with Crippen molar-refractivity contribution < 1.29 is 14.7 Å². The van der Waals surface area contributed by atoms with E-state index in [2.05, 4.69) is 5.43 Å². The molecule has 0 saturated heterocycles. The second kappa shape index (κ2) is 3.60. The van der Waals surface area contributed by atoms with Crippen LogP contribution in [0.25, 0.3) is 5.43 Å². The van der Waals surface area contributed by atoms with Gasteiger partial charge in [-0.15, -0.1) is 5.70 Å². The van der Waals surface area contributed by atoms with Gasteiger partial charge in [-0.25, -0.2) is 4.84 Å². The van der Waals surface area contributed by atoms with E-state index in [0.717, 1.165) is 11.3 Å². The minimum Gasteiger partial charge on any atom is -0.453 e. The lowest BCUT2D eigenvalue weighted by atomic mass is 10.2. The van der Waals surface area contributed by atoms with E-state index in [1.807, 2.05) is 19.9 Å². The lowest BCUT2D eigenvalue weighted by molar-refractivity contribution is -1.04. The monoisotopic (exact) mass is 170 g/mol. The van der Waals surface area contributed by atoms with Crippen LogP contribution in [-0.4, -0.2) is 14.2 Å². The molecule has 0 radical (unpaired) electrons. The van der Waals surface area contributed by atoms with Gasteiger partial charge < -0.3 is 10.2 Å². The third-order valence-electron chi connectivity index (χ3n) is 1.81. The highest BCUT2D eigenvalue weighted by Crippen LogP contribution is 2.13. The fourth-order valence-electron chi connectivity index (χ4n) is 0.951. The molecule has 0 aromatic carbocycles. The molecule has 0 aromatic rings. The van der Waals surface area contributed by atoms with E-state index in [-0.39, 0.29) is 0 Å². The van der Waals surface area contributed by atoms with Crippen LogP contribution in [0.15, 0.2) is 23.2 Å². The van der Waals surface area contributed by atoms with Gasteiger partial charge in [0.2, 0.25) is 0 Å². The second-order valence-electron chi connectivity index (χ2n) is 2.60. The van der Waals surface area contributed by atoms with E-state index >= 15 is 0 Å². The molecular weight excluding hydrogens is 156 g/mol. The molecule has 0 amide bonds. The highest BCUT2D eigenvalue weighted by Gasteiger charge is 2.13. The third kappa shape index (κ3) is 1.60. The van der Waals surface area contributed by atoms with Gasteiger partial charge in [0.25, 0.3) is 0 Å². The Balaban J connectivity index is 2.85. The van der Waals surface area contributed by atoms with Crippen LogP contribution in [0.3, 0.4) is 0 Å². The number of hydrogen-bond donors (Lipinski definition) is 1. The van der Waals surface area contributed by atoms with Crippen LogP contribution in [0.2, 0.25) is 0 Å². The highest BCUT2D eigenvalue weighted by atomic mass is 16.7. The van der Waals surface area contributed by atoms with E-state index in [1.54, 1.807) is 14.2 Å². The van der Waals surface area contributed by atoms with Crippen molar-refractivity contribution in [1.29, 1.82) is 0 Å². The zero-order chi connectivity index (χ0) is 9.14. The smallest absolute Gasteiger partial charge is 0.317 e. The van der Waals surface area contributed by atoms with Gasteiger partial charge in [-0.1, -0.05) is 12.5 Å². The minimum absolute atomic E-state index is 0.542. The quantitative estimate of drug-likeness (QED) is 0.656. The number of quaternary nitrogens is 1. The van der Waals surface area contributed by atoms with Crippen LogP contribution < -0.4 is 5.17 Å². The summed E-state index contributed by atoms with van der Waals surface area (Å²) in [4.78, 5) is 5.04.